The van der Waals surface area contributed by atoms with Crippen LogP contribution in [0, 0.1) is 0 Å². The van der Waals surface area contributed by atoms with Crippen molar-refractivity contribution in [1.82, 2.24) is 10.3 Å². The van der Waals surface area contributed by atoms with Crippen LogP contribution in [-0.2, 0) is 0 Å². The van der Waals surface area contributed by atoms with Gasteiger partial charge in [0.1, 0.15) is 17.0 Å². The SMILES string of the molecule is O=C(NC1CCCCC1O)c1csc(-c2ccoc2)n1. The van der Waals surface area contributed by atoms with E-state index in [1.807, 2.05) is 6.07 Å². The minimum absolute atomic E-state index is 0.157. The Morgan fingerprint density at radius 3 is 3.05 bits per heavy atom. The van der Waals surface area contributed by atoms with Crippen LogP contribution in [0.3, 0.4) is 0 Å². The van der Waals surface area contributed by atoms with Crippen molar-refractivity contribution in [2.75, 3.05) is 0 Å². The lowest BCUT2D eigenvalue weighted by molar-refractivity contribution is 0.0714. The van der Waals surface area contributed by atoms with E-state index < -0.39 is 6.10 Å². The molecular formula is C14H16N2O3S. The van der Waals surface area contributed by atoms with E-state index >= 15 is 0 Å². The minimum Gasteiger partial charge on any atom is -0.472 e. The number of hydrogen-bond acceptors (Lipinski definition) is 5. The van der Waals surface area contributed by atoms with Crippen LogP contribution in [0.4, 0.5) is 0 Å². The number of carbonyl (C=O) groups is 1. The maximum atomic E-state index is 12.1. The minimum atomic E-state index is -0.445. The summed E-state index contributed by atoms with van der Waals surface area (Å²) in [6.45, 7) is 0. The van der Waals surface area contributed by atoms with E-state index in [2.05, 4.69) is 10.3 Å². The van der Waals surface area contributed by atoms with E-state index in [1.165, 1.54) is 11.3 Å². The van der Waals surface area contributed by atoms with Crippen molar-refractivity contribution in [2.24, 2.45) is 0 Å². The Morgan fingerprint density at radius 1 is 1.45 bits per heavy atom. The molecule has 2 atom stereocenters. The van der Waals surface area contributed by atoms with Crippen LogP contribution in [0.2, 0.25) is 0 Å². The Bertz CT molecular complexity index is 579. The number of aliphatic hydroxyl groups is 1. The van der Waals surface area contributed by atoms with Gasteiger partial charge in [-0.3, -0.25) is 4.79 Å². The van der Waals surface area contributed by atoms with Gasteiger partial charge >= 0.3 is 0 Å². The first kappa shape index (κ1) is 13.3. The van der Waals surface area contributed by atoms with Gasteiger partial charge in [-0.2, -0.15) is 0 Å². The summed E-state index contributed by atoms with van der Waals surface area (Å²) in [5.41, 5.74) is 1.26. The summed E-state index contributed by atoms with van der Waals surface area (Å²) in [7, 11) is 0. The number of amides is 1. The summed E-state index contributed by atoms with van der Waals surface area (Å²) < 4.78 is 5.01. The van der Waals surface area contributed by atoms with Crippen molar-refractivity contribution < 1.29 is 14.3 Å². The number of nitrogens with zero attached hydrogens (tertiary/aromatic N) is 1. The average molecular weight is 292 g/mol. The van der Waals surface area contributed by atoms with Gasteiger partial charge in [0.15, 0.2) is 0 Å². The summed E-state index contributed by atoms with van der Waals surface area (Å²) >= 11 is 1.40. The van der Waals surface area contributed by atoms with Crippen molar-refractivity contribution in [1.29, 1.82) is 0 Å². The smallest absolute Gasteiger partial charge is 0.271 e. The van der Waals surface area contributed by atoms with Crippen LogP contribution in [-0.4, -0.2) is 28.1 Å². The molecule has 0 saturated heterocycles. The highest BCUT2D eigenvalue weighted by molar-refractivity contribution is 7.13. The Kier molecular flexibility index (Phi) is 3.84. The lowest BCUT2D eigenvalue weighted by Crippen LogP contribution is -2.45. The fraction of sp³-hybridized carbons (Fsp3) is 0.429. The largest absolute Gasteiger partial charge is 0.472 e. The van der Waals surface area contributed by atoms with Crippen LogP contribution in [0.5, 0.6) is 0 Å². The number of aromatic nitrogens is 1. The van der Waals surface area contributed by atoms with Crippen molar-refractivity contribution in [3.05, 3.63) is 29.7 Å². The van der Waals surface area contributed by atoms with E-state index in [0.717, 1.165) is 36.3 Å². The predicted molar refractivity (Wildman–Crippen MR) is 75.5 cm³/mol. The van der Waals surface area contributed by atoms with E-state index in [4.69, 9.17) is 4.42 Å². The molecule has 1 amide bonds. The average Bonchev–Trinajstić information content (AvgIpc) is 3.11. The van der Waals surface area contributed by atoms with Crippen molar-refractivity contribution in [2.45, 2.75) is 37.8 Å². The number of nitrogens with one attached hydrogen (secondary N) is 1. The summed E-state index contributed by atoms with van der Waals surface area (Å²) in [6.07, 6.45) is 6.38. The van der Waals surface area contributed by atoms with Gasteiger partial charge in [0, 0.05) is 10.9 Å². The molecule has 2 N–H and O–H groups in total. The van der Waals surface area contributed by atoms with Crippen molar-refractivity contribution in [3.63, 3.8) is 0 Å². The molecule has 106 valence electrons. The standard InChI is InChI=1S/C14H16N2O3S/c17-12-4-2-1-3-10(12)15-13(18)11-8-20-14(16-11)9-5-6-19-7-9/h5-8,10,12,17H,1-4H2,(H,15,18). The fourth-order valence-corrected chi connectivity index (χ4v) is 3.21. The molecule has 1 saturated carbocycles. The molecule has 0 spiro atoms. The maximum absolute atomic E-state index is 12.1. The maximum Gasteiger partial charge on any atom is 0.271 e. The third-order valence-electron chi connectivity index (χ3n) is 3.55. The second kappa shape index (κ2) is 5.76. The molecule has 0 radical (unpaired) electrons. The van der Waals surface area contributed by atoms with E-state index in [1.54, 1.807) is 17.9 Å². The van der Waals surface area contributed by atoms with E-state index in [9.17, 15) is 9.90 Å². The van der Waals surface area contributed by atoms with Gasteiger partial charge in [-0.25, -0.2) is 4.98 Å². The van der Waals surface area contributed by atoms with Crippen LogP contribution in [0.1, 0.15) is 36.2 Å². The highest BCUT2D eigenvalue weighted by atomic mass is 32.1. The first-order valence-electron chi connectivity index (χ1n) is 6.71. The molecule has 2 aromatic rings. The molecule has 2 aromatic heterocycles. The molecule has 1 aliphatic carbocycles. The number of carbonyl (C=O) groups excluding carboxylic acids is 1. The lowest BCUT2D eigenvalue weighted by Gasteiger charge is -2.27. The van der Waals surface area contributed by atoms with Crippen LogP contribution in [0.15, 0.2) is 28.4 Å². The summed E-state index contributed by atoms with van der Waals surface area (Å²) in [5, 5.41) is 15.2. The van der Waals surface area contributed by atoms with Crippen LogP contribution >= 0.6 is 11.3 Å². The third-order valence-corrected chi connectivity index (χ3v) is 4.44. The highest BCUT2D eigenvalue weighted by Gasteiger charge is 2.25. The molecule has 0 bridgehead atoms. The zero-order chi connectivity index (χ0) is 13.9. The fourth-order valence-electron chi connectivity index (χ4n) is 2.42. The van der Waals surface area contributed by atoms with Gasteiger partial charge in [-0.15, -0.1) is 11.3 Å². The lowest BCUT2D eigenvalue weighted by atomic mass is 9.92. The Balaban J connectivity index is 1.68. The summed E-state index contributed by atoms with van der Waals surface area (Å²) in [5.74, 6) is -0.220. The van der Waals surface area contributed by atoms with Gasteiger partial charge in [-0.05, 0) is 18.9 Å². The van der Waals surface area contributed by atoms with E-state index in [-0.39, 0.29) is 11.9 Å². The topological polar surface area (TPSA) is 75.4 Å². The predicted octanol–water partition coefficient (Wildman–Crippen LogP) is 2.44. The normalized spacial score (nSPS) is 22.6. The number of rotatable bonds is 3. The van der Waals surface area contributed by atoms with E-state index in [0.29, 0.717) is 5.69 Å². The molecule has 6 heteroatoms. The monoisotopic (exact) mass is 292 g/mol. The molecule has 0 aromatic carbocycles. The molecule has 3 rings (SSSR count). The zero-order valence-electron chi connectivity index (χ0n) is 10.9. The molecular weight excluding hydrogens is 276 g/mol. The van der Waals surface area contributed by atoms with Crippen molar-refractivity contribution in [3.8, 4) is 10.6 Å². The first-order valence-corrected chi connectivity index (χ1v) is 7.59. The second-order valence-corrected chi connectivity index (χ2v) is 5.84. The molecule has 1 aliphatic rings. The summed E-state index contributed by atoms with van der Waals surface area (Å²) in [4.78, 5) is 16.4. The van der Waals surface area contributed by atoms with Crippen LogP contribution < -0.4 is 5.32 Å². The Labute approximate surface area is 120 Å². The zero-order valence-corrected chi connectivity index (χ0v) is 11.7. The second-order valence-electron chi connectivity index (χ2n) is 4.98. The third kappa shape index (κ3) is 2.76. The molecule has 1 fully saturated rings. The Morgan fingerprint density at radius 2 is 2.30 bits per heavy atom. The molecule has 0 aliphatic heterocycles. The molecule has 20 heavy (non-hydrogen) atoms. The quantitative estimate of drug-likeness (QED) is 0.911. The number of furan rings is 1. The Hall–Kier alpha value is -1.66. The number of thiazole rings is 1. The first-order chi connectivity index (χ1) is 9.74. The summed E-state index contributed by atoms with van der Waals surface area (Å²) in [6, 6.07) is 1.65. The molecule has 2 unspecified atom stereocenters. The number of aliphatic hydroxyl groups excluding tert-OH is 1. The van der Waals surface area contributed by atoms with Gasteiger partial charge in [0.25, 0.3) is 5.91 Å². The molecule has 5 nitrogen and oxygen atoms in total. The van der Waals surface area contributed by atoms with Crippen LogP contribution in [0.25, 0.3) is 10.6 Å². The van der Waals surface area contributed by atoms with Gasteiger partial charge in [-0.1, -0.05) is 12.8 Å². The van der Waals surface area contributed by atoms with Gasteiger partial charge in [0.05, 0.1) is 18.4 Å². The van der Waals surface area contributed by atoms with Gasteiger partial charge < -0.3 is 14.8 Å². The van der Waals surface area contributed by atoms with Gasteiger partial charge in [0.2, 0.25) is 0 Å². The number of hydrogen-bond donors (Lipinski definition) is 2. The highest BCUT2D eigenvalue weighted by Crippen LogP contribution is 2.24. The van der Waals surface area contributed by atoms with Crippen molar-refractivity contribution >= 4 is 17.2 Å². The molecule has 2 heterocycles.